The number of hydrogen-bond acceptors (Lipinski definition) is 4. The molecule has 6 nitrogen and oxygen atoms in total. The molecule has 0 bridgehead atoms. The van der Waals surface area contributed by atoms with E-state index in [9.17, 15) is 18.8 Å². The second-order valence-corrected chi connectivity index (χ2v) is 7.46. The van der Waals surface area contributed by atoms with Crippen molar-refractivity contribution >= 4 is 41.2 Å². The Kier molecular flexibility index (Phi) is 5.20. The Labute approximate surface area is 181 Å². The maximum absolute atomic E-state index is 13.4. The SMILES string of the molecule is Cc1ccc(N2C(=O)NC(=O)/C(=C/c3ccc(-c4ccc(F)c(Cl)c4)o3)C2=O)cc1C. The van der Waals surface area contributed by atoms with Crippen LogP contribution in [0.15, 0.2) is 58.5 Å². The summed E-state index contributed by atoms with van der Waals surface area (Å²) in [6.07, 6.45) is 1.26. The van der Waals surface area contributed by atoms with Crippen molar-refractivity contribution in [3.8, 4) is 11.3 Å². The second-order valence-electron chi connectivity index (χ2n) is 7.06. The number of amides is 4. The van der Waals surface area contributed by atoms with Crippen molar-refractivity contribution in [2.45, 2.75) is 13.8 Å². The summed E-state index contributed by atoms with van der Waals surface area (Å²) in [7, 11) is 0. The first-order valence-electron chi connectivity index (χ1n) is 9.28. The van der Waals surface area contributed by atoms with Gasteiger partial charge in [0, 0.05) is 5.56 Å². The normalized spacial score (nSPS) is 15.5. The summed E-state index contributed by atoms with van der Waals surface area (Å²) in [4.78, 5) is 38.6. The summed E-state index contributed by atoms with van der Waals surface area (Å²) in [5.74, 6) is -1.56. The molecular formula is C23H16ClFN2O4. The van der Waals surface area contributed by atoms with Gasteiger partial charge in [0.2, 0.25) is 0 Å². The number of rotatable bonds is 3. The van der Waals surface area contributed by atoms with Gasteiger partial charge in [-0.1, -0.05) is 17.7 Å². The molecule has 1 aliphatic rings. The minimum atomic E-state index is -0.823. The fourth-order valence-electron chi connectivity index (χ4n) is 3.13. The quantitative estimate of drug-likeness (QED) is 0.460. The van der Waals surface area contributed by atoms with Gasteiger partial charge in [-0.05, 0) is 73.5 Å². The van der Waals surface area contributed by atoms with Gasteiger partial charge < -0.3 is 4.42 Å². The van der Waals surface area contributed by atoms with Crippen molar-refractivity contribution in [1.29, 1.82) is 0 Å². The molecule has 2 aromatic carbocycles. The fourth-order valence-corrected chi connectivity index (χ4v) is 3.31. The zero-order chi connectivity index (χ0) is 22.3. The number of nitrogens with one attached hydrogen (secondary N) is 1. The number of aryl methyl sites for hydroxylation is 2. The van der Waals surface area contributed by atoms with Crippen LogP contribution in [0.4, 0.5) is 14.9 Å². The number of urea groups is 1. The predicted molar refractivity (Wildman–Crippen MR) is 114 cm³/mol. The zero-order valence-corrected chi connectivity index (χ0v) is 17.3. The van der Waals surface area contributed by atoms with Crippen LogP contribution in [0, 0.1) is 19.7 Å². The summed E-state index contributed by atoms with van der Waals surface area (Å²) in [6.45, 7) is 3.77. The average molecular weight is 439 g/mol. The standard InChI is InChI=1S/C23H16ClFN2O4/c1-12-3-5-15(9-13(12)2)27-22(29)17(21(28)26-23(27)30)11-16-6-8-20(31-16)14-4-7-19(25)18(24)10-14/h3-11H,1-2H3,(H,26,28,30)/b17-11-. The van der Waals surface area contributed by atoms with Gasteiger partial charge in [-0.2, -0.15) is 0 Å². The molecule has 4 amide bonds. The van der Waals surface area contributed by atoms with Gasteiger partial charge in [0.25, 0.3) is 11.8 Å². The highest BCUT2D eigenvalue weighted by Gasteiger charge is 2.37. The molecule has 0 unspecified atom stereocenters. The molecule has 1 aromatic heterocycles. The van der Waals surface area contributed by atoms with Gasteiger partial charge >= 0.3 is 6.03 Å². The molecule has 2 heterocycles. The molecule has 0 spiro atoms. The molecule has 156 valence electrons. The average Bonchev–Trinajstić information content (AvgIpc) is 3.18. The summed E-state index contributed by atoms with van der Waals surface area (Å²) in [5, 5.41) is 2.12. The number of carbonyl (C=O) groups excluding carboxylic acids is 3. The molecule has 8 heteroatoms. The van der Waals surface area contributed by atoms with Crippen LogP contribution in [0.5, 0.6) is 0 Å². The number of carbonyl (C=O) groups is 3. The zero-order valence-electron chi connectivity index (χ0n) is 16.5. The lowest BCUT2D eigenvalue weighted by molar-refractivity contribution is -0.122. The van der Waals surface area contributed by atoms with E-state index in [1.807, 2.05) is 13.8 Å². The van der Waals surface area contributed by atoms with Crippen LogP contribution in [0.2, 0.25) is 5.02 Å². The lowest BCUT2D eigenvalue weighted by atomic mass is 10.1. The van der Waals surface area contributed by atoms with Crippen molar-refractivity contribution in [2.24, 2.45) is 0 Å². The van der Waals surface area contributed by atoms with Crippen LogP contribution in [0.25, 0.3) is 17.4 Å². The Hall–Kier alpha value is -3.71. The van der Waals surface area contributed by atoms with E-state index in [0.717, 1.165) is 16.0 Å². The van der Waals surface area contributed by atoms with Gasteiger partial charge in [0.15, 0.2) is 0 Å². The molecule has 0 radical (unpaired) electrons. The lowest BCUT2D eigenvalue weighted by Crippen LogP contribution is -2.54. The van der Waals surface area contributed by atoms with Crippen molar-refractivity contribution in [3.63, 3.8) is 0 Å². The van der Waals surface area contributed by atoms with E-state index < -0.39 is 23.7 Å². The van der Waals surface area contributed by atoms with Gasteiger partial charge in [-0.25, -0.2) is 14.1 Å². The number of nitrogens with zero attached hydrogens (tertiary/aromatic N) is 1. The molecular weight excluding hydrogens is 423 g/mol. The highest BCUT2D eigenvalue weighted by Crippen LogP contribution is 2.28. The second kappa shape index (κ2) is 7.85. The Morgan fingerprint density at radius 1 is 1.00 bits per heavy atom. The summed E-state index contributed by atoms with van der Waals surface area (Å²) in [6, 6.07) is 11.6. The Bertz CT molecular complexity index is 1280. The molecule has 0 aliphatic carbocycles. The van der Waals surface area contributed by atoms with E-state index in [1.165, 1.54) is 24.3 Å². The Morgan fingerprint density at radius 2 is 1.77 bits per heavy atom. The number of anilines is 1. The third kappa shape index (κ3) is 3.87. The van der Waals surface area contributed by atoms with Crippen LogP contribution >= 0.6 is 11.6 Å². The van der Waals surface area contributed by atoms with Crippen molar-refractivity contribution in [1.82, 2.24) is 5.32 Å². The largest absolute Gasteiger partial charge is 0.457 e. The van der Waals surface area contributed by atoms with Gasteiger partial charge in [-0.15, -0.1) is 0 Å². The Balaban J connectivity index is 1.68. The number of furan rings is 1. The van der Waals surface area contributed by atoms with E-state index in [-0.39, 0.29) is 16.4 Å². The first-order valence-corrected chi connectivity index (χ1v) is 9.66. The molecule has 1 N–H and O–H groups in total. The number of halogens is 2. The molecule has 4 rings (SSSR count). The molecule has 3 aromatic rings. The lowest BCUT2D eigenvalue weighted by Gasteiger charge is -2.26. The maximum Gasteiger partial charge on any atom is 0.335 e. The molecule has 1 fully saturated rings. The highest BCUT2D eigenvalue weighted by atomic mass is 35.5. The predicted octanol–water partition coefficient (Wildman–Crippen LogP) is 5.02. The summed E-state index contributed by atoms with van der Waals surface area (Å²) in [5.41, 5.74) is 2.53. The van der Waals surface area contributed by atoms with Gasteiger partial charge in [0.1, 0.15) is 22.9 Å². The van der Waals surface area contributed by atoms with Gasteiger partial charge in [-0.3, -0.25) is 14.9 Å². The summed E-state index contributed by atoms with van der Waals surface area (Å²) >= 11 is 5.81. The Morgan fingerprint density at radius 3 is 2.48 bits per heavy atom. The van der Waals surface area contributed by atoms with Crippen molar-refractivity contribution in [3.05, 3.63) is 81.8 Å². The van der Waals surface area contributed by atoms with E-state index in [2.05, 4.69) is 5.32 Å². The smallest absolute Gasteiger partial charge is 0.335 e. The maximum atomic E-state index is 13.4. The molecule has 1 saturated heterocycles. The van der Waals surface area contributed by atoms with Crippen LogP contribution < -0.4 is 10.2 Å². The summed E-state index contributed by atoms with van der Waals surface area (Å²) < 4.78 is 19.1. The van der Waals surface area contributed by atoms with Crippen LogP contribution in [0.1, 0.15) is 16.9 Å². The molecule has 0 saturated carbocycles. The van der Waals surface area contributed by atoms with E-state index in [1.54, 1.807) is 30.3 Å². The van der Waals surface area contributed by atoms with Crippen LogP contribution in [-0.2, 0) is 9.59 Å². The van der Waals surface area contributed by atoms with Crippen molar-refractivity contribution < 1.29 is 23.2 Å². The topological polar surface area (TPSA) is 79.6 Å². The fraction of sp³-hybridized carbons (Fsp3) is 0.0870. The monoisotopic (exact) mass is 438 g/mol. The molecule has 1 aliphatic heterocycles. The number of imide groups is 2. The number of hydrogen-bond donors (Lipinski definition) is 1. The minimum Gasteiger partial charge on any atom is -0.457 e. The van der Waals surface area contributed by atoms with Gasteiger partial charge in [0.05, 0.1) is 10.7 Å². The third-order valence-corrected chi connectivity index (χ3v) is 5.26. The first kappa shape index (κ1) is 20.6. The molecule has 0 atom stereocenters. The number of barbiturate groups is 1. The molecule has 31 heavy (non-hydrogen) atoms. The minimum absolute atomic E-state index is 0.0572. The number of benzene rings is 2. The van der Waals surface area contributed by atoms with Crippen LogP contribution in [0.3, 0.4) is 0 Å². The third-order valence-electron chi connectivity index (χ3n) is 4.97. The van der Waals surface area contributed by atoms with E-state index in [4.69, 9.17) is 16.0 Å². The van der Waals surface area contributed by atoms with E-state index in [0.29, 0.717) is 17.0 Å². The first-order chi connectivity index (χ1) is 14.7. The van der Waals surface area contributed by atoms with Crippen LogP contribution in [-0.4, -0.2) is 17.8 Å². The van der Waals surface area contributed by atoms with E-state index >= 15 is 0 Å². The van der Waals surface area contributed by atoms with Crippen molar-refractivity contribution in [2.75, 3.05) is 4.90 Å². The highest BCUT2D eigenvalue weighted by molar-refractivity contribution is 6.39.